The Hall–Kier alpha value is -2.34. The summed E-state index contributed by atoms with van der Waals surface area (Å²) in [5.74, 6) is 2.05. The molecule has 6 heteroatoms. The van der Waals surface area contributed by atoms with Gasteiger partial charge >= 0.3 is 0 Å². The van der Waals surface area contributed by atoms with Crippen molar-refractivity contribution in [1.82, 2.24) is 14.5 Å². The number of aliphatic hydroxyl groups is 1. The molecule has 0 spiro atoms. The molecule has 1 amide bonds. The summed E-state index contributed by atoms with van der Waals surface area (Å²) in [5.41, 5.74) is 1.67. The van der Waals surface area contributed by atoms with E-state index >= 15 is 0 Å². The van der Waals surface area contributed by atoms with Gasteiger partial charge in [-0.25, -0.2) is 4.98 Å². The van der Waals surface area contributed by atoms with E-state index in [0.717, 1.165) is 24.4 Å². The van der Waals surface area contributed by atoms with Gasteiger partial charge in [0.05, 0.1) is 12.1 Å². The number of ether oxygens (including phenoxy) is 1. The zero-order valence-electron chi connectivity index (χ0n) is 16.7. The van der Waals surface area contributed by atoms with Crippen molar-refractivity contribution in [2.45, 2.75) is 64.2 Å². The van der Waals surface area contributed by atoms with Gasteiger partial charge in [0, 0.05) is 38.3 Å². The fourth-order valence-electron chi connectivity index (χ4n) is 4.26. The van der Waals surface area contributed by atoms with Crippen LogP contribution in [0.25, 0.3) is 0 Å². The predicted molar refractivity (Wildman–Crippen MR) is 106 cm³/mol. The first-order valence-electron chi connectivity index (χ1n) is 10.2. The number of aryl methyl sites for hydroxylation is 2. The molecule has 1 aromatic heterocycles. The summed E-state index contributed by atoms with van der Waals surface area (Å²) in [5, 5.41) is 10.9. The van der Waals surface area contributed by atoms with Crippen molar-refractivity contribution >= 4 is 5.91 Å². The Morgan fingerprint density at radius 2 is 2.14 bits per heavy atom. The van der Waals surface area contributed by atoms with Gasteiger partial charge in [0.2, 0.25) is 5.91 Å². The van der Waals surface area contributed by atoms with Crippen molar-refractivity contribution < 1.29 is 14.6 Å². The summed E-state index contributed by atoms with van der Waals surface area (Å²) in [6.07, 6.45) is 7.29. The van der Waals surface area contributed by atoms with Gasteiger partial charge in [0.25, 0.3) is 0 Å². The molecule has 28 heavy (non-hydrogen) atoms. The molecule has 3 heterocycles. The SMILES string of the molecule is Cc1nccn1CC1(O)CCN(C(=O)CCc2ccc3c(c2)CC(C)O3)CC1. The Labute approximate surface area is 166 Å². The van der Waals surface area contributed by atoms with Crippen LogP contribution in [0.15, 0.2) is 30.6 Å². The van der Waals surface area contributed by atoms with E-state index in [1.165, 1.54) is 11.1 Å². The highest BCUT2D eigenvalue weighted by molar-refractivity contribution is 5.76. The van der Waals surface area contributed by atoms with Crippen LogP contribution < -0.4 is 4.74 Å². The molecule has 1 saturated heterocycles. The van der Waals surface area contributed by atoms with Crippen LogP contribution in [0.4, 0.5) is 0 Å². The van der Waals surface area contributed by atoms with Crippen LogP contribution >= 0.6 is 0 Å². The quantitative estimate of drug-likeness (QED) is 0.861. The maximum Gasteiger partial charge on any atom is 0.222 e. The summed E-state index contributed by atoms with van der Waals surface area (Å²) in [7, 11) is 0. The number of imidazole rings is 1. The smallest absolute Gasteiger partial charge is 0.222 e. The Kier molecular flexibility index (Phi) is 5.15. The molecule has 1 fully saturated rings. The summed E-state index contributed by atoms with van der Waals surface area (Å²) >= 11 is 0. The molecule has 2 aromatic rings. The van der Waals surface area contributed by atoms with Gasteiger partial charge < -0.3 is 19.3 Å². The lowest BCUT2D eigenvalue weighted by molar-refractivity contribution is -0.135. The van der Waals surface area contributed by atoms with E-state index in [1.807, 2.05) is 28.7 Å². The Balaban J connectivity index is 1.27. The number of aromatic nitrogens is 2. The number of carbonyl (C=O) groups is 1. The third kappa shape index (κ3) is 4.07. The largest absolute Gasteiger partial charge is 0.490 e. The van der Waals surface area contributed by atoms with E-state index in [-0.39, 0.29) is 12.0 Å². The van der Waals surface area contributed by atoms with Crippen molar-refractivity contribution in [1.29, 1.82) is 0 Å². The van der Waals surface area contributed by atoms with Crippen LogP contribution in [0.5, 0.6) is 5.75 Å². The number of carbonyl (C=O) groups excluding carboxylic acids is 1. The lowest BCUT2D eigenvalue weighted by atomic mass is 9.91. The first-order valence-corrected chi connectivity index (χ1v) is 10.2. The Morgan fingerprint density at radius 3 is 2.86 bits per heavy atom. The number of rotatable bonds is 5. The molecule has 2 aliphatic rings. The average Bonchev–Trinajstić information content (AvgIpc) is 3.24. The third-order valence-corrected chi connectivity index (χ3v) is 6.02. The molecule has 1 unspecified atom stereocenters. The molecule has 2 aliphatic heterocycles. The number of likely N-dealkylation sites (tertiary alicyclic amines) is 1. The van der Waals surface area contributed by atoms with E-state index < -0.39 is 5.60 Å². The highest BCUT2D eigenvalue weighted by Gasteiger charge is 2.34. The second kappa shape index (κ2) is 7.59. The average molecular weight is 383 g/mol. The van der Waals surface area contributed by atoms with Crippen LogP contribution in [0.1, 0.15) is 43.1 Å². The van der Waals surface area contributed by atoms with Gasteiger partial charge in [-0.1, -0.05) is 12.1 Å². The van der Waals surface area contributed by atoms with Gasteiger partial charge in [0.1, 0.15) is 17.7 Å². The second-order valence-corrected chi connectivity index (χ2v) is 8.28. The highest BCUT2D eigenvalue weighted by Crippen LogP contribution is 2.30. The van der Waals surface area contributed by atoms with E-state index in [2.05, 4.69) is 24.0 Å². The molecular formula is C22H29N3O3. The van der Waals surface area contributed by atoms with Crippen LogP contribution in [0, 0.1) is 6.92 Å². The van der Waals surface area contributed by atoms with Gasteiger partial charge in [-0.15, -0.1) is 0 Å². The van der Waals surface area contributed by atoms with Crippen LogP contribution in [0.2, 0.25) is 0 Å². The number of piperidine rings is 1. The topological polar surface area (TPSA) is 67.6 Å². The molecule has 0 radical (unpaired) electrons. The maximum atomic E-state index is 12.6. The molecule has 1 aromatic carbocycles. The third-order valence-electron chi connectivity index (χ3n) is 6.02. The van der Waals surface area contributed by atoms with E-state index in [4.69, 9.17) is 4.74 Å². The first-order chi connectivity index (χ1) is 13.4. The van der Waals surface area contributed by atoms with Crippen molar-refractivity contribution in [3.05, 3.63) is 47.5 Å². The number of amides is 1. The minimum Gasteiger partial charge on any atom is -0.490 e. The second-order valence-electron chi connectivity index (χ2n) is 8.28. The van der Waals surface area contributed by atoms with Gasteiger partial charge in [-0.2, -0.15) is 0 Å². The summed E-state index contributed by atoms with van der Waals surface area (Å²) in [6.45, 7) is 5.77. The number of hydrogen-bond acceptors (Lipinski definition) is 4. The lowest BCUT2D eigenvalue weighted by Gasteiger charge is -2.38. The standard InChI is InChI=1S/C22H29N3O3/c1-16-13-19-14-18(3-5-20(19)28-16)4-6-21(26)24-10-7-22(27,8-11-24)15-25-12-9-23-17(25)2/h3,5,9,12,14,16,27H,4,6-8,10-11,13,15H2,1-2H3. The molecule has 6 nitrogen and oxygen atoms in total. The number of hydrogen-bond donors (Lipinski definition) is 1. The molecule has 1 N–H and O–H groups in total. The molecule has 0 bridgehead atoms. The van der Waals surface area contributed by atoms with E-state index in [9.17, 15) is 9.90 Å². The zero-order valence-corrected chi connectivity index (χ0v) is 16.7. The Bertz CT molecular complexity index is 852. The predicted octanol–water partition coefficient (Wildman–Crippen LogP) is 2.50. The van der Waals surface area contributed by atoms with Gasteiger partial charge in [0.15, 0.2) is 0 Å². The number of fused-ring (bicyclic) bond motifs is 1. The molecule has 0 saturated carbocycles. The van der Waals surface area contributed by atoms with Crippen LogP contribution in [-0.4, -0.2) is 50.3 Å². The van der Waals surface area contributed by atoms with Crippen molar-refractivity contribution in [2.75, 3.05) is 13.1 Å². The van der Waals surface area contributed by atoms with Gasteiger partial charge in [-0.3, -0.25) is 4.79 Å². The van der Waals surface area contributed by atoms with Crippen LogP contribution in [0.3, 0.4) is 0 Å². The molecule has 0 aliphatic carbocycles. The normalized spacial score (nSPS) is 20.7. The maximum absolute atomic E-state index is 12.6. The zero-order chi connectivity index (χ0) is 19.7. The minimum atomic E-state index is -0.765. The molecular weight excluding hydrogens is 354 g/mol. The van der Waals surface area contributed by atoms with Crippen molar-refractivity contribution in [3.8, 4) is 5.75 Å². The van der Waals surface area contributed by atoms with Crippen LogP contribution in [-0.2, 0) is 24.2 Å². The van der Waals surface area contributed by atoms with Gasteiger partial charge in [-0.05, 0) is 50.3 Å². The number of nitrogens with zero attached hydrogens (tertiary/aromatic N) is 3. The van der Waals surface area contributed by atoms with E-state index in [1.54, 1.807) is 6.20 Å². The fourth-order valence-corrected chi connectivity index (χ4v) is 4.26. The monoisotopic (exact) mass is 383 g/mol. The van der Waals surface area contributed by atoms with E-state index in [0.29, 0.717) is 38.9 Å². The summed E-state index contributed by atoms with van der Waals surface area (Å²) < 4.78 is 7.72. The molecule has 150 valence electrons. The highest BCUT2D eigenvalue weighted by atomic mass is 16.5. The minimum absolute atomic E-state index is 0.172. The molecule has 1 atom stereocenters. The summed E-state index contributed by atoms with van der Waals surface area (Å²) in [4.78, 5) is 18.8. The Morgan fingerprint density at radius 1 is 1.36 bits per heavy atom. The van der Waals surface area contributed by atoms with Crippen molar-refractivity contribution in [2.24, 2.45) is 0 Å². The number of benzene rings is 1. The lowest BCUT2D eigenvalue weighted by Crippen LogP contribution is -2.48. The summed E-state index contributed by atoms with van der Waals surface area (Å²) in [6, 6.07) is 6.26. The fraction of sp³-hybridized carbons (Fsp3) is 0.545. The molecule has 4 rings (SSSR count). The van der Waals surface area contributed by atoms with Crippen molar-refractivity contribution in [3.63, 3.8) is 0 Å². The first kappa shape index (κ1) is 19.0.